The fourth-order valence-electron chi connectivity index (χ4n) is 1.49. The minimum absolute atomic E-state index is 0.477. The number of methoxy groups -OCH3 is 2. The summed E-state index contributed by atoms with van der Waals surface area (Å²) in [6.45, 7) is 11.1. The van der Waals surface area contributed by atoms with Crippen LogP contribution in [0.4, 0.5) is 0 Å². The van der Waals surface area contributed by atoms with Crippen molar-refractivity contribution < 1.29 is 9.47 Å². The largest absolute Gasteiger partial charge is 0.383 e. The van der Waals surface area contributed by atoms with E-state index in [1.807, 2.05) is 6.08 Å². The van der Waals surface area contributed by atoms with Crippen LogP contribution in [0.5, 0.6) is 0 Å². The second-order valence-corrected chi connectivity index (χ2v) is 3.82. The predicted octanol–water partition coefficient (Wildman–Crippen LogP) is 0.745. The van der Waals surface area contributed by atoms with Crippen molar-refractivity contribution >= 4 is 0 Å². The van der Waals surface area contributed by atoms with Gasteiger partial charge in [0.1, 0.15) is 0 Å². The highest BCUT2D eigenvalue weighted by atomic mass is 16.5. The van der Waals surface area contributed by atoms with Crippen molar-refractivity contribution in [2.24, 2.45) is 0 Å². The van der Waals surface area contributed by atoms with Crippen LogP contribution in [0.3, 0.4) is 0 Å². The molecule has 0 amide bonds. The zero-order valence-corrected chi connectivity index (χ0v) is 10.9. The van der Waals surface area contributed by atoms with Crippen LogP contribution in [-0.2, 0) is 9.47 Å². The Morgan fingerprint density at radius 2 is 1.81 bits per heavy atom. The van der Waals surface area contributed by atoms with E-state index in [1.165, 1.54) is 0 Å². The third-order valence-electron chi connectivity index (χ3n) is 2.52. The number of nitrogens with one attached hydrogen (secondary N) is 1. The van der Waals surface area contributed by atoms with Gasteiger partial charge in [0.05, 0.1) is 13.2 Å². The Morgan fingerprint density at radius 3 is 2.25 bits per heavy atom. The Hall–Kier alpha value is -0.420. The van der Waals surface area contributed by atoms with E-state index < -0.39 is 0 Å². The van der Waals surface area contributed by atoms with Crippen molar-refractivity contribution in [3.8, 4) is 0 Å². The fourth-order valence-corrected chi connectivity index (χ4v) is 1.49. The first-order chi connectivity index (χ1) is 7.76. The average molecular weight is 230 g/mol. The average Bonchev–Trinajstić information content (AvgIpc) is 2.29. The van der Waals surface area contributed by atoms with Gasteiger partial charge in [-0.15, -0.1) is 6.58 Å². The molecule has 0 aliphatic carbocycles. The van der Waals surface area contributed by atoms with Gasteiger partial charge in [0.15, 0.2) is 0 Å². The summed E-state index contributed by atoms with van der Waals surface area (Å²) in [4.78, 5) is 2.36. The molecule has 0 fully saturated rings. The van der Waals surface area contributed by atoms with Gasteiger partial charge in [-0.3, -0.25) is 4.90 Å². The van der Waals surface area contributed by atoms with Gasteiger partial charge in [-0.05, 0) is 6.92 Å². The van der Waals surface area contributed by atoms with Crippen LogP contribution in [0.25, 0.3) is 0 Å². The number of hydrogen-bond acceptors (Lipinski definition) is 4. The second kappa shape index (κ2) is 11.1. The molecular weight excluding hydrogens is 204 g/mol. The number of hydrogen-bond donors (Lipinski definition) is 1. The molecule has 0 spiro atoms. The lowest BCUT2D eigenvalue weighted by Crippen LogP contribution is -2.43. The van der Waals surface area contributed by atoms with Gasteiger partial charge < -0.3 is 14.8 Å². The van der Waals surface area contributed by atoms with Gasteiger partial charge >= 0.3 is 0 Å². The molecule has 4 nitrogen and oxygen atoms in total. The smallest absolute Gasteiger partial charge is 0.0589 e. The molecule has 1 N–H and O–H groups in total. The van der Waals surface area contributed by atoms with Crippen LogP contribution >= 0.6 is 0 Å². The van der Waals surface area contributed by atoms with Crippen molar-refractivity contribution in [1.29, 1.82) is 0 Å². The molecular formula is C12H26N2O2. The fraction of sp³-hybridized carbons (Fsp3) is 0.833. The summed E-state index contributed by atoms with van der Waals surface area (Å²) in [5.41, 5.74) is 0. The van der Waals surface area contributed by atoms with Gasteiger partial charge in [-0.25, -0.2) is 0 Å². The lowest BCUT2D eigenvalue weighted by atomic mass is 10.2. The summed E-state index contributed by atoms with van der Waals surface area (Å²) in [5.74, 6) is 0. The first-order valence-electron chi connectivity index (χ1n) is 5.79. The summed E-state index contributed by atoms with van der Waals surface area (Å²) in [7, 11) is 3.46. The van der Waals surface area contributed by atoms with E-state index >= 15 is 0 Å². The maximum atomic E-state index is 5.11. The van der Waals surface area contributed by atoms with Crippen LogP contribution in [0, 0.1) is 0 Å². The molecule has 1 atom stereocenters. The van der Waals surface area contributed by atoms with Crippen molar-refractivity contribution in [3.63, 3.8) is 0 Å². The predicted molar refractivity (Wildman–Crippen MR) is 67.9 cm³/mol. The molecule has 0 rings (SSSR count). The molecule has 1 unspecified atom stereocenters. The zero-order chi connectivity index (χ0) is 12.2. The van der Waals surface area contributed by atoms with E-state index in [9.17, 15) is 0 Å². The highest BCUT2D eigenvalue weighted by Gasteiger charge is 2.12. The van der Waals surface area contributed by atoms with E-state index in [0.717, 1.165) is 39.4 Å². The molecule has 0 aromatic heterocycles. The van der Waals surface area contributed by atoms with Crippen LogP contribution in [-0.4, -0.2) is 64.6 Å². The Bertz CT molecular complexity index is 157. The Kier molecular flexibility index (Phi) is 10.8. The molecule has 0 aromatic rings. The summed E-state index contributed by atoms with van der Waals surface area (Å²) in [5, 5.41) is 3.33. The molecule has 0 radical (unpaired) electrons. The quantitative estimate of drug-likeness (QED) is 0.419. The Morgan fingerprint density at radius 1 is 1.25 bits per heavy atom. The molecule has 0 bridgehead atoms. The lowest BCUT2D eigenvalue weighted by Gasteiger charge is -2.28. The van der Waals surface area contributed by atoms with Crippen molar-refractivity contribution in [3.05, 3.63) is 12.7 Å². The van der Waals surface area contributed by atoms with Gasteiger partial charge in [0, 0.05) is 46.4 Å². The van der Waals surface area contributed by atoms with Crippen LogP contribution in [0.1, 0.15) is 6.92 Å². The third kappa shape index (κ3) is 7.82. The van der Waals surface area contributed by atoms with Crippen LogP contribution < -0.4 is 5.32 Å². The molecule has 0 heterocycles. The van der Waals surface area contributed by atoms with Gasteiger partial charge in [0.2, 0.25) is 0 Å². The Balaban J connectivity index is 3.87. The zero-order valence-electron chi connectivity index (χ0n) is 10.9. The summed E-state index contributed by atoms with van der Waals surface area (Å²) in [6.07, 6.45) is 1.88. The summed E-state index contributed by atoms with van der Waals surface area (Å²) in [6, 6.07) is 0.477. The molecule has 0 aliphatic heterocycles. The first kappa shape index (κ1) is 15.6. The summed E-state index contributed by atoms with van der Waals surface area (Å²) >= 11 is 0. The molecule has 0 saturated heterocycles. The lowest BCUT2D eigenvalue weighted by molar-refractivity contribution is 0.0919. The molecule has 4 heteroatoms. The SMILES string of the molecule is C=CCNCC(C)N(CCOC)CCOC. The minimum atomic E-state index is 0.477. The van der Waals surface area contributed by atoms with E-state index in [-0.39, 0.29) is 0 Å². The van der Waals surface area contributed by atoms with E-state index in [1.54, 1.807) is 14.2 Å². The molecule has 96 valence electrons. The van der Waals surface area contributed by atoms with Crippen molar-refractivity contribution in [2.45, 2.75) is 13.0 Å². The monoisotopic (exact) mass is 230 g/mol. The highest BCUT2D eigenvalue weighted by molar-refractivity contribution is 4.74. The molecule has 0 aromatic carbocycles. The minimum Gasteiger partial charge on any atom is -0.383 e. The van der Waals surface area contributed by atoms with E-state index in [4.69, 9.17) is 9.47 Å². The Labute approximate surface area is 99.6 Å². The normalized spacial score (nSPS) is 13.0. The number of nitrogens with zero attached hydrogens (tertiary/aromatic N) is 1. The topological polar surface area (TPSA) is 33.7 Å². The molecule has 0 saturated carbocycles. The highest BCUT2D eigenvalue weighted by Crippen LogP contribution is 1.98. The third-order valence-corrected chi connectivity index (χ3v) is 2.52. The van der Waals surface area contributed by atoms with Crippen LogP contribution in [0.15, 0.2) is 12.7 Å². The standard InChI is InChI=1S/C12H26N2O2/c1-5-6-13-11-12(2)14(7-9-15-3)8-10-16-4/h5,12-13H,1,6-11H2,2-4H3. The van der Waals surface area contributed by atoms with Gasteiger partial charge in [-0.1, -0.05) is 6.08 Å². The van der Waals surface area contributed by atoms with Gasteiger partial charge in [0.25, 0.3) is 0 Å². The van der Waals surface area contributed by atoms with Crippen molar-refractivity contribution in [1.82, 2.24) is 10.2 Å². The first-order valence-corrected chi connectivity index (χ1v) is 5.79. The van der Waals surface area contributed by atoms with Gasteiger partial charge in [-0.2, -0.15) is 0 Å². The van der Waals surface area contributed by atoms with Crippen molar-refractivity contribution in [2.75, 3.05) is 53.6 Å². The molecule has 16 heavy (non-hydrogen) atoms. The van der Waals surface area contributed by atoms with Crippen LogP contribution in [0.2, 0.25) is 0 Å². The second-order valence-electron chi connectivity index (χ2n) is 3.82. The molecule has 0 aliphatic rings. The van der Waals surface area contributed by atoms with E-state index in [0.29, 0.717) is 6.04 Å². The van der Waals surface area contributed by atoms with E-state index in [2.05, 4.69) is 23.7 Å². The summed E-state index contributed by atoms with van der Waals surface area (Å²) < 4.78 is 10.2. The number of rotatable bonds is 11. The number of ether oxygens (including phenoxy) is 2. The maximum absolute atomic E-state index is 5.11. The maximum Gasteiger partial charge on any atom is 0.0589 e.